The summed E-state index contributed by atoms with van der Waals surface area (Å²) in [6.45, 7) is 11.9. The zero-order valence-electron chi connectivity index (χ0n) is 33.1. The van der Waals surface area contributed by atoms with Gasteiger partial charge in [-0.25, -0.2) is 4.39 Å². The number of H-pyrrole nitrogens is 1. The maximum absolute atomic E-state index is 15.7. The largest absolute Gasteiger partial charge is 0.486 e. The Morgan fingerprint density at radius 3 is 2.35 bits per heavy atom. The summed E-state index contributed by atoms with van der Waals surface area (Å²) in [4.78, 5) is 12.7. The SMILES string of the molecule is CCCCCCCC.Cc1ccc(COc2c(-c3c(C)c(F)cc4[nH]ncc34)c(C3CC3)cc3c(N4CC5CC4CN5)nc(OC4CCOCC4)nc23)cc1. The van der Waals surface area contributed by atoms with Gasteiger partial charge < -0.3 is 24.4 Å². The predicted octanol–water partition coefficient (Wildman–Crippen LogP) is 9.86. The summed E-state index contributed by atoms with van der Waals surface area (Å²) in [5.74, 6) is 1.59. The number of piperazine rings is 1. The molecule has 4 fully saturated rings. The molecule has 1 aliphatic carbocycles. The quantitative estimate of drug-likeness (QED) is 0.115. The van der Waals surface area contributed by atoms with Gasteiger partial charge in [0.15, 0.2) is 5.75 Å². The minimum absolute atomic E-state index is 0.0242. The molecule has 0 spiro atoms. The van der Waals surface area contributed by atoms with Crippen molar-refractivity contribution < 1.29 is 18.6 Å². The molecule has 1 saturated carbocycles. The standard InChI is InChI=1S/C37H39FN6O3.C8H18/c1-20-3-5-22(6-4-20)19-46-35-33(32-21(2)30(38)15-31-29(32)17-40-43-31)27(23-7-8-23)14-28-34(35)41-37(47-26-9-11-45-12-10-26)42-36(28)44-18-24-13-25(44)16-39-24;1-3-5-7-8-6-4-2/h3-6,14-15,17,23-26,39H,7-13,16,18-19H2,1-2H3,(H,40,43);3-8H2,1-2H3. The maximum atomic E-state index is 15.7. The van der Waals surface area contributed by atoms with Gasteiger partial charge in [0.1, 0.15) is 29.9 Å². The van der Waals surface area contributed by atoms with Crippen LogP contribution in [0.1, 0.15) is 113 Å². The molecule has 3 aliphatic heterocycles. The maximum Gasteiger partial charge on any atom is 0.319 e. The molecular weight excluding hydrogens is 692 g/mol. The van der Waals surface area contributed by atoms with Crippen molar-refractivity contribution in [3.63, 3.8) is 0 Å². The Hall–Kier alpha value is -4.28. The van der Waals surface area contributed by atoms with Crippen LogP contribution in [0.3, 0.4) is 0 Å². The van der Waals surface area contributed by atoms with E-state index in [1.165, 1.54) is 50.2 Å². The molecule has 9 nitrogen and oxygen atoms in total. The second kappa shape index (κ2) is 16.8. The Morgan fingerprint density at radius 1 is 0.909 bits per heavy atom. The first-order chi connectivity index (χ1) is 26.9. The first-order valence-corrected chi connectivity index (χ1v) is 20.9. The number of halogens is 1. The fraction of sp³-hybridized carbons (Fsp3) is 0.533. The number of aryl methyl sites for hydroxylation is 1. The van der Waals surface area contributed by atoms with Crippen LogP contribution in [0.15, 0.2) is 42.6 Å². The Balaban J connectivity index is 0.000000484. The summed E-state index contributed by atoms with van der Waals surface area (Å²) in [6, 6.07) is 13.3. The molecule has 2 aromatic heterocycles. The predicted molar refractivity (Wildman–Crippen MR) is 218 cm³/mol. The summed E-state index contributed by atoms with van der Waals surface area (Å²) < 4.78 is 34.8. The highest BCUT2D eigenvalue weighted by Crippen LogP contribution is 2.53. The van der Waals surface area contributed by atoms with Crippen molar-refractivity contribution in [2.24, 2.45) is 0 Å². The van der Waals surface area contributed by atoms with Crippen LogP contribution in [0.2, 0.25) is 0 Å². The molecule has 5 heterocycles. The number of nitrogens with one attached hydrogen (secondary N) is 2. The third kappa shape index (κ3) is 8.17. The van der Waals surface area contributed by atoms with Crippen LogP contribution in [0.5, 0.6) is 11.8 Å². The molecule has 55 heavy (non-hydrogen) atoms. The fourth-order valence-electron chi connectivity index (χ4n) is 8.55. The summed E-state index contributed by atoms with van der Waals surface area (Å²) in [6.07, 6.45) is 15.1. The lowest BCUT2D eigenvalue weighted by molar-refractivity contribution is 0.0219. The van der Waals surface area contributed by atoms with Crippen molar-refractivity contribution in [2.75, 3.05) is 31.2 Å². The number of aromatic amines is 1. The molecule has 0 amide bonds. The average Bonchev–Trinajstić information content (AvgIpc) is 3.55. The summed E-state index contributed by atoms with van der Waals surface area (Å²) in [5.41, 5.74) is 6.99. The summed E-state index contributed by atoms with van der Waals surface area (Å²) in [7, 11) is 0. The summed E-state index contributed by atoms with van der Waals surface area (Å²) >= 11 is 0. The van der Waals surface area contributed by atoms with Crippen LogP contribution in [0.25, 0.3) is 32.9 Å². The van der Waals surface area contributed by atoms with Gasteiger partial charge in [0.05, 0.1) is 24.9 Å². The van der Waals surface area contributed by atoms with E-state index in [-0.39, 0.29) is 11.9 Å². The number of rotatable bonds is 13. The van der Waals surface area contributed by atoms with Crippen molar-refractivity contribution in [1.29, 1.82) is 0 Å². The van der Waals surface area contributed by atoms with Crippen molar-refractivity contribution in [3.8, 4) is 22.9 Å². The number of aromatic nitrogens is 4. The first-order valence-electron chi connectivity index (χ1n) is 20.9. The van der Waals surface area contributed by atoms with Gasteiger partial charge in [-0.15, -0.1) is 0 Å². The molecule has 3 saturated heterocycles. The topological polar surface area (TPSA) is 97.4 Å². The molecule has 5 aromatic rings. The van der Waals surface area contributed by atoms with Gasteiger partial charge in [-0.2, -0.15) is 15.1 Å². The molecule has 2 N–H and O–H groups in total. The second-order valence-electron chi connectivity index (χ2n) is 16.1. The molecule has 4 aliphatic rings. The molecule has 9 rings (SSSR count). The molecule has 2 atom stereocenters. The lowest BCUT2D eigenvalue weighted by atomic mass is 9.88. The van der Waals surface area contributed by atoms with Gasteiger partial charge >= 0.3 is 6.01 Å². The normalized spacial score (nSPS) is 19.6. The molecule has 0 radical (unpaired) electrons. The Labute approximate surface area is 324 Å². The highest BCUT2D eigenvalue weighted by atomic mass is 19.1. The number of ether oxygens (including phenoxy) is 3. The fourth-order valence-corrected chi connectivity index (χ4v) is 8.55. The van der Waals surface area contributed by atoms with E-state index < -0.39 is 0 Å². The summed E-state index contributed by atoms with van der Waals surface area (Å²) in [5, 5.41) is 12.8. The van der Waals surface area contributed by atoms with Crippen LogP contribution >= 0.6 is 0 Å². The second-order valence-corrected chi connectivity index (χ2v) is 16.1. The van der Waals surface area contributed by atoms with Crippen LogP contribution in [-0.2, 0) is 11.3 Å². The van der Waals surface area contributed by atoms with E-state index in [1.54, 1.807) is 6.20 Å². The minimum atomic E-state index is -0.282. The van der Waals surface area contributed by atoms with E-state index in [0.717, 1.165) is 84.0 Å². The highest BCUT2D eigenvalue weighted by molar-refractivity contribution is 6.06. The number of nitrogens with zero attached hydrogens (tertiary/aromatic N) is 4. The van der Waals surface area contributed by atoms with E-state index in [0.29, 0.717) is 66.2 Å². The third-order valence-electron chi connectivity index (χ3n) is 11.9. The zero-order valence-corrected chi connectivity index (χ0v) is 33.1. The first kappa shape index (κ1) is 37.6. The molecule has 3 aromatic carbocycles. The number of benzene rings is 3. The Bertz CT molecular complexity index is 2090. The van der Waals surface area contributed by atoms with E-state index >= 15 is 4.39 Å². The van der Waals surface area contributed by atoms with Crippen molar-refractivity contribution in [1.82, 2.24) is 25.5 Å². The van der Waals surface area contributed by atoms with Crippen molar-refractivity contribution >= 4 is 27.6 Å². The molecule has 2 unspecified atom stereocenters. The van der Waals surface area contributed by atoms with E-state index in [1.807, 2.05) is 6.92 Å². The number of hydrogen-bond donors (Lipinski definition) is 2. The van der Waals surface area contributed by atoms with E-state index in [4.69, 9.17) is 24.2 Å². The van der Waals surface area contributed by atoms with Crippen LogP contribution in [0.4, 0.5) is 10.2 Å². The number of fused-ring (bicyclic) bond motifs is 4. The molecular formula is C45H57FN6O3. The van der Waals surface area contributed by atoms with Crippen LogP contribution in [-0.4, -0.2) is 64.7 Å². The number of hydrogen-bond acceptors (Lipinski definition) is 8. The number of unbranched alkanes of at least 4 members (excludes halogenated alkanes) is 5. The Kier molecular flexibility index (Phi) is 11.5. The molecule has 2 bridgehead atoms. The van der Waals surface area contributed by atoms with Crippen LogP contribution < -0.4 is 19.7 Å². The smallest absolute Gasteiger partial charge is 0.319 e. The van der Waals surface area contributed by atoms with Crippen molar-refractivity contribution in [2.45, 2.75) is 129 Å². The van der Waals surface area contributed by atoms with Gasteiger partial charge in [0.2, 0.25) is 0 Å². The monoisotopic (exact) mass is 748 g/mol. The van der Waals surface area contributed by atoms with E-state index in [9.17, 15) is 0 Å². The van der Waals surface area contributed by atoms with Gasteiger partial charge in [-0.3, -0.25) is 5.10 Å². The zero-order chi connectivity index (χ0) is 37.9. The highest BCUT2D eigenvalue weighted by Gasteiger charge is 2.40. The van der Waals surface area contributed by atoms with Crippen molar-refractivity contribution in [3.05, 3.63) is 70.7 Å². The Morgan fingerprint density at radius 2 is 1.67 bits per heavy atom. The molecule has 10 heteroatoms. The average molecular weight is 749 g/mol. The van der Waals surface area contributed by atoms with Gasteiger partial charge in [0, 0.05) is 59.9 Å². The van der Waals surface area contributed by atoms with Crippen LogP contribution in [0, 0.1) is 19.7 Å². The lowest BCUT2D eigenvalue weighted by Crippen LogP contribution is -2.44. The van der Waals surface area contributed by atoms with E-state index in [2.05, 4.69) is 71.5 Å². The lowest BCUT2D eigenvalue weighted by Gasteiger charge is -2.31. The third-order valence-corrected chi connectivity index (χ3v) is 11.9. The van der Waals surface area contributed by atoms with Gasteiger partial charge in [0.25, 0.3) is 0 Å². The van der Waals surface area contributed by atoms with Gasteiger partial charge in [-0.1, -0.05) is 82.2 Å². The number of anilines is 1. The van der Waals surface area contributed by atoms with Gasteiger partial charge in [-0.05, 0) is 67.9 Å². The minimum Gasteiger partial charge on any atom is -0.486 e. The molecule has 292 valence electrons.